The SMILES string of the molecule is COC(=O)[C@]12CCC(C)(C)C[C@H]1C1=CC[C@H]3[C@@]4(C)C=C(O)C(=O)C(C)=C4CC[C@@]3(C)[C@]1(C)CC2. The number of ether oxygens (including phenoxy) is 1. The maximum atomic E-state index is 13.3. The molecule has 0 aliphatic heterocycles. The van der Waals surface area contributed by atoms with Crippen molar-refractivity contribution in [1.29, 1.82) is 0 Å². The second kappa shape index (κ2) is 7.11. The van der Waals surface area contributed by atoms with Gasteiger partial charge in [-0.05, 0) is 92.4 Å². The first-order valence-corrected chi connectivity index (χ1v) is 13.2. The van der Waals surface area contributed by atoms with E-state index in [2.05, 4.69) is 40.7 Å². The van der Waals surface area contributed by atoms with Crippen molar-refractivity contribution in [3.05, 3.63) is 34.6 Å². The van der Waals surface area contributed by atoms with Gasteiger partial charge in [0.2, 0.25) is 5.78 Å². The first-order chi connectivity index (χ1) is 15.8. The number of aliphatic hydroxyl groups excluding tert-OH is 1. The first kappa shape index (κ1) is 23.9. The van der Waals surface area contributed by atoms with E-state index in [1.807, 2.05) is 13.0 Å². The molecule has 5 aliphatic rings. The molecule has 3 fully saturated rings. The number of aliphatic hydroxyl groups is 1. The van der Waals surface area contributed by atoms with Crippen molar-refractivity contribution in [1.82, 2.24) is 0 Å². The van der Waals surface area contributed by atoms with Gasteiger partial charge in [0.25, 0.3) is 0 Å². The van der Waals surface area contributed by atoms with Gasteiger partial charge >= 0.3 is 5.97 Å². The van der Waals surface area contributed by atoms with Crippen LogP contribution in [0.2, 0.25) is 0 Å². The van der Waals surface area contributed by atoms with Crippen molar-refractivity contribution in [3.8, 4) is 0 Å². The van der Waals surface area contributed by atoms with E-state index in [0.29, 0.717) is 5.92 Å². The quantitative estimate of drug-likeness (QED) is 0.338. The molecule has 4 heteroatoms. The lowest BCUT2D eigenvalue weighted by atomic mass is 9.36. The molecule has 5 rings (SSSR count). The number of allylic oxidation sites excluding steroid dienone is 5. The van der Waals surface area contributed by atoms with Crippen molar-refractivity contribution >= 4 is 11.8 Å². The van der Waals surface area contributed by atoms with Crippen LogP contribution >= 0.6 is 0 Å². The van der Waals surface area contributed by atoms with Gasteiger partial charge in [0.1, 0.15) is 0 Å². The topological polar surface area (TPSA) is 63.6 Å². The predicted octanol–water partition coefficient (Wildman–Crippen LogP) is 6.87. The molecule has 1 N–H and O–H groups in total. The molecule has 0 aromatic heterocycles. The number of rotatable bonds is 1. The van der Waals surface area contributed by atoms with E-state index in [-0.39, 0.29) is 45.1 Å². The highest BCUT2D eigenvalue weighted by Crippen LogP contribution is 2.74. The van der Waals surface area contributed by atoms with Gasteiger partial charge in [0.05, 0.1) is 12.5 Å². The highest BCUT2D eigenvalue weighted by molar-refractivity contribution is 6.08. The molecular weight excluding hydrogens is 424 g/mol. The molecule has 5 aliphatic carbocycles. The Morgan fingerprint density at radius 2 is 1.74 bits per heavy atom. The molecule has 0 radical (unpaired) electrons. The summed E-state index contributed by atoms with van der Waals surface area (Å²) in [6.45, 7) is 13.7. The molecule has 6 atom stereocenters. The largest absolute Gasteiger partial charge is 0.504 e. The van der Waals surface area contributed by atoms with Crippen LogP contribution in [0.5, 0.6) is 0 Å². The van der Waals surface area contributed by atoms with Crippen molar-refractivity contribution in [2.24, 2.45) is 38.9 Å². The molecule has 0 amide bonds. The van der Waals surface area contributed by atoms with Gasteiger partial charge in [-0.2, -0.15) is 0 Å². The Balaban J connectivity index is 1.65. The number of carbonyl (C=O) groups is 2. The minimum absolute atomic E-state index is 0.0150. The normalized spacial score (nSPS) is 45.2. The number of methoxy groups -OCH3 is 1. The minimum atomic E-state index is -0.394. The Bertz CT molecular complexity index is 1060. The Morgan fingerprint density at radius 3 is 2.41 bits per heavy atom. The van der Waals surface area contributed by atoms with E-state index in [4.69, 9.17) is 4.74 Å². The van der Waals surface area contributed by atoms with Gasteiger partial charge in [-0.3, -0.25) is 9.59 Å². The summed E-state index contributed by atoms with van der Waals surface area (Å²) in [5.41, 5.74) is 2.96. The third-order valence-electron chi connectivity index (χ3n) is 11.7. The molecule has 0 spiro atoms. The van der Waals surface area contributed by atoms with Gasteiger partial charge in [-0.15, -0.1) is 0 Å². The lowest BCUT2D eigenvalue weighted by Gasteiger charge is -2.67. The third kappa shape index (κ3) is 2.77. The van der Waals surface area contributed by atoms with Crippen molar-refractivity contribution in [3.63, 3.8) is 0 Å². The summed E-state index contributed by atoms with van der Waals surface area (Å²) < 4.78 is 5.44. The van der Waals surface area contributed by atoms with Gasteiger partial charge in [-0.1, -0.05) is 51.8 Å². The maximum Gasteiger partial charge on any atom is 0.312 e. The molecule has 3 saturated carbocycles. The Morgan fingerprint density at radius 1 is 1.06 bits per heavy atom. The van der Waals surface area contributed by atoms with Crippen LogP contribution in [0.1, 0.15) is 92.9 Å². The van der Waals surface area contributed by atoms with E-state index < -0.39 is 5.41 Å². The Hall–Kier alpha value is -1.84. The fourth-order valence-corrected chi connectivity index (χ4v) is 9.40. The number of ketones is 1. The number of Topliss-reactive ketones (excluding diaryl/α,β-unsaturated/α-hetero) is 1. The van der Waals surface area contributed by atoms with Gasteiger partial charge in [0.15, 0.2) is 5.76 Å². The van der Waals surface area contributed by atoms with E-state index in [1.165, 1.54) is 11.1 Å². The zero-order chi connectivity index (χ0) is 24.9. The minimum Gasteiger partial charge on any atom is -0.504 e. The monoisotopic (exact) mass is 466 g/mol. The fourth-order valence-electron chi connectivity index (χ4n) is 9.40. The number of fused-ring (bicyclic) bond motifs is 7. The van der Waals surface area contributed by atoms with Crippen molar-refractivity contribution in [2.75, 3.05) is 7.11 Å². The van der Waals surface area contributed by atoms with Crippen LogP contribution < -0.4 is 0 Å². The van der Waals surface area contributed by atoms with Crippen molar-refractivity contribution in [2.45, 2.75) is 92.9 Å². The van der Waals surface area contributed by atoms with Crippen LogP contribution in [0.4, 0.5) is 0 Å². The summed E-state index contributed by atoms with van der Waals surface area (Å²) in [7, 11) is 1.55. The predicted molar refractivity (Wildman–Crippen MR) is 133 cm³/mol. The fraction of sp³-hybridized carbons (Fsp3) is 0.733. The Kier molecular flexibility index (Phi) is 4.99. The second-order valence-corrected chi connectivity index (χ2v) is 13.5. The summed E-state index contributed by atoms with van der Waals surface area (Å²) in [5.74, 6) is 0.224. The van der Waals surface area contributed by atoms with E-state index in [0.717, 1.165) is 56.9 Å². The average molecular weight is 467 g/mol. The standard InChI is InChI=1S/C30H42O4/c1-18-19-10-11-29(6)23(27(19,4)17-22(31)24(18)32)9-8-20-21-16-26(2,3)12-14-30(21,25(33)34-7)15-13-28(20,29)5/h8,17,21,23,31H,9-16H2,1-7H3/t21-,23-,27-,28+,29+,30-/m0/s1. The van der Waals surface area contributed by atoms with E-state index in [9.17, 15) is 14.7 Å². The molecular formula is C30H42O4. The molecule has 4 nitrogen and oxygen atoms in total. The zero-order valence-corrected chi connectivity index (χ0v) is 22.1. The summed E-state index contributed by atoms with van der Waals surface area (Å²) in [6.07, 6.45) is 12.1. The van der Waals surface area contributed by atoms with Crippen LogP contribution in [0.15, 0.2) is 34.6 Å². The molecule has 0 aromatic rings. The van der Waals surface area contributed by atoms with Crippen LogP contribution in [-0.2, 0) is 14.3 Å². The summed E-state index contributed by atoms with van der Waals surface area (Å²) in [6, 6.07) is 0. The molecule has 0 saturated heterocycles. The van der Waals surface area contributed by atoms with Crippen LogP contribution in [0.3, 0.4) is 0 Å². The molecule has 186 valence electrons. The third-order valence-corrected chi connectivity index (χ3v) is 11.7. The summed E-state index contributed by atoms with van der Waals surface area (Å²) in [4.78, 5) is 25.9. The Labute approximate surface area is 204 Å². The summed E-state index contributed by atoms with van der Waals surface area (Å²) >= 11 is 0. The summed E-state index contributed by atoms with van der Waals surface area (Å²) in [5, 5.41) is 10.6. The lowest BCUT2D eigenvalue weighted by Crippen LogP contribution is -2.61. The van der Waals surface area contributed by atoms with Crippen molar-refractivity contribution < 1.29 is 19.4 Å². The number of hydrogen-bond donors (Lipinski definition) is 1. The smallest absolute Gasteiger partial charge is 0.312 e. The average Bonchev–Trinajstić information content (AvgIpc) is 2.77. The van der Waals surface area contributed by atoms with Crippen LogP contribution in [0, 0.1) is 38.9 Å². The maximum absolute atomic E-state index is 13.3. The molecule has 0 heterocycles. The van der Waals surface area contributed by atoms with Crippen LogP contribution in [-0.4, -0.2) is 24.0 Å². The highest BCUT2D eigenvalue weighted by atomic mass is 16.5. The van der Waals surface area contributed by atoms with E-state index >= 15 is 0 Å². The number of carbonyl (C=O) groups excluding carboxylic acids is 2. The van der Waals surface area contributed by atoms with Gasteiger partial charge in [0, 0.05) is 11.0 Å². The molecule has 34 heavy (non-hydrogen) atoms. The molecule has 0 bridgehead atoms. The first-order valence-electron chi connectivity index (χ1n) is 13.2. The van der Waals surface area contributed by atoms with Gasteiger partial charge < -0.3 is 9.84 Å². The number of esters is 1. The number of hydrogen-bond acceptors (Lipinski definition) is 4. The zero-order valence-electron chi connectivity index (χ0n) is 22.1. The lowest BCUT2D eigenvalue weighted by molar-refractivity contribution is -0.169. The van der Waals surface area contributed by atoms with E-state index in [1.54, 1.807) is 7.11 Å². The second-order valence-electron chi connectivity index (χ2n) is 13.5. The van der Waals surface area contributed by atoms with Gasteiger partial charge in [-0.25, -0.2) is 0 Å². The molecule has 0 aromatic carbocycles. The molecule has 0 unspecified atom stereocenters. The van der Waals surface area contributed by atoms with Crippen LogP contribution in [0.25, 0.3) is 0 Å². The highest BCUT2D eigenvalue weighted by Gasteiger charge is 2.67.